The van der Waals surface area contributed by atoms with Crippen LogP contribution in [0.25, 0.3) is 0 Å². The summed E-state index contributed by atoms with van der Waals surface area (Å²) in [5, 5.41) is 31.5. The summed E-state index contributed by atoms with van der Waals surface area (Å²) in [6.45, 7) is 0. The second-order valence-electron chi connectivity index (χ2n) is 7.17. The van der Waals surface area contributed by atoms with E-state index in [1.54, 1.807) is 6.07 Å². The van der Waals surface area contributed by atoms with E-state index in [9.17, 15) is 30.3 Å². The molecule has 0 amide bonds. The normalized spacial score (nSPS) is 14.4. The lowest BCUT2D eigenvalue weighted by molar-refractivity contribution is -0.385. The Labute approximate surface area is 191 Å². The van der Waals surface area contributed by atoms with Gasteiger partial charge in [-0.05, 0) is 17.7 Å². The van der Waals surface area contributed by atoms with Crippen molar-refractivity contribution in [3.63, 3.8) is 0 Å². The van der Waals surface area contributed by atoms with E-state index in [-0.39, 0.29) is 39.9 Å². The molecule has 3 aromatic carbocycles. The van der Waals surface area contributed by atoms with E-state index in [2.05, 4.69) is 0 Å². The highest BCUT2D eigenvalue weighted by molar-refractivity contribution is 5.91. The van der Waals surface area contributed by atoms with Crippen molar-refractivity contribution in [2.45, 2.75) is 5.92 Å². The van der Waals surface area contributed by atoms with Gasteiger partial charge in [-0.25, -0.2) is 4.79 Å². The Morgan fingerprint density at radius 1 is 1.00 bits per heavy atom. The summed E-state index contributed by atoms with van der Waals surface area (Å²) in [4.78, 5) is 33.2. The number of nitriles is 1. The number of nitrogens with two attached hydrogens (primary N) is 1. The van der Waals surface area contributed by atoms with E-state index in [0.717, 1.165) is 6.07 Å². The minimum absolute atomic E-state index is 0.0113. The molecule has 0 fully saturated rings. The molecule has 0 spiro atoms. The van der Waals surface area contributed by atoms with Gasteiger partial charge in [0.1, 0.15) is 23.1 Å². The Morgan fingerprint density at radius 3 is 2.35 bits per heavy atom. The predicted octanol–water partition coefficient (Wildman–Crippen LogP) is 3.94. The van der Waals surface area contributed by atoms with Gasteiger partial charge in [-0.2, -0.15) is 5.26 Å². The molecule has 0 saturated carbocycles. The Hall–Kier alpha value is -5.24. The molecule has 3 aromatic rings. The highest BCUT2D eigenvalue weighted by Crippen LogP contribution is 2.43. The summed E-state index contributed by atoms with van der Waals surface area (Å²) >= 11 is 0. The molecule has 0 radical (unpaired) electrons. The van der Waals surface area contributed by atoms with Gasteiger partial charge in [0.15, 0.2) is 0 Å². The molecule has 1 unspecified atom stereocenters. The number of nitro groups is 2. The summed E-state index contributed by atoms with van der Waals surface area (Å²) in [6.07, 6.45) is 0. The van der Waals surface area contributed by atoms with Crippen LogP contribution in [0.1, 0.15) is 27.4 Å². The van der Waals surface area contributed by atoms with E-state index in [0.29, 0.717) is 11.1 Å². The fraction of sp³-hybridized carbons (Fsp3) is 0.0435. The topological polar surface area (TPSA) is 172 Å². The van der Waals surface area contributed by atoms with E-state index in [4.69, 9.17) is 15.2 Å². The van der Waals surface area contributed by atoms with Crippen LogP contribution in [0.3, 0.4) is 0 Å². The van der Waals surface area contributed by atoms with Crippen molar-refractivity contribution in [3.8, 4) is 17.6 Å². The SMILES string of the molecule is N#CC1=C(N)Oc2cc(OC(=O)c3cccc([N+](=O)[O-])c3)ccc2C1c1ccc([N+](=O)[O-])cc1. The highest BCUT2D eigenvalue weighted by Gasteiger charge is 2.31. The van der Waals surface area contributed by atoms with Crippen LogP contribution < -0.4 is 15.2 Å². The van der Waals surface area contributed by atoms with Crippen molar-refractivity contribution in [3.05, 3.63) is 115 Å². The number of carbonyl (C=O) groups excluding carboxylic acids is 1. The average Bonchev–Trinajstić information content (AvgIpc) is 2.83. The molecule has 4 rings (SSSR count). The fourth-order valence-corrected chi connectivity index (χ4v) is 3.54. The standard InChI is InChI=1S/C23H14N4O7/c24-12-19-21(13-4-6-15(7-5-13)26(29)30)18-9-8-17(11-20(18)34-22(19)25)33-23(28)14-2-1-3-16(10-14)27(31)32/h1-11,21H,25H2. The second-order valence-corrected chi connectivity index (χ2v) is 7.17. The minimum Gasteiger partial charge on any atom is -0.440 e. The van der Waals surface area contributed by atoms with Crippen molar-refractivity contribution < 1.29 is 24.1 Å². The smallest absolute Gasteiger partial charge is 0.343 e. The molecule has 1 aliphatic heterocycles. The van der Waals surface area contributed by atoms with Gasteiger partial charge in [0.25, 0.3) is 11.4 Å². The monoisotopic (exact) mass is 458 g/mol. The number of fused-ring (bicyclic) bond motifs is 1. The number of nitrogens with zero attached hydrogens (tertiary/aromatic N) is 3. The first-order valence-corrected chi connectivity index (χ1v) is 9.71. The fourth-order valence-electron chi connectivity index (χ4n) is 3.54. The lowest BCUT2D eigenvalue weighted by atomic mass is 9.83. The van der Waals surface area contributed by atoms with Gasteiger partial charge in [-0.1, -0.05) is 24.3 Å². The Balaban J connectivity index is 1.67. The zero-order valence-electron chi connectivity index (χ0n) is 17.2. The molecular weight excluding hydrogens is 444 g/mol. The quantitative estimate of drug-likeness (QED) is 0.257. The molecule has 1 heterocycles. The number of hydrogen-bond acceptors (Lipinski definition) is 9. The van der Waals surface area contributed by atoms with Gasteiger partial charge >= 0.3 is 5.97 Å². The number of non-ortho nitro benzene ring substituents is 2. The van der Waals surface area contributed by atoms with Crippen molar-refractivity contribution in [2.24, 2.45) is 5.73 Å². The van der Waals surface area contributed by atoms with Crippen LogP contribution in [0.15, 0.2) is 78.2 Å². The molecule has 34 heavy (non-hydrogen) atoms. The van der Waals surface area contributed by atoms with Crippen molar-refractivity contribution in [1.82, 2.24) is 0 Å². The van der Waals surface area contributed by atoms with Crippen LogP contribution in [0.4, 0.5) is 11.4 Å². The van der Waals surface area contributed by atoms with Crippen LogP contribution >= 0.6 is 0 Å². The number of hydrogen-bond donors (Lipinski definition) is 1. The number of esters is 1. The molecule has 11 heteroatoms. The molecule has 1 atom stereocenters. The Morgan fingerprint density at radius 2 is 1.71 bits per heavy atom. The zero-order chi connectivity index (χ0) is 24.4. The van der Waals surface area contributed by atoms with Crippen molar-refractivity contribution >= 4 is 17.3 Å². The third-order valence-corrected chi connectivity index (χ3v) is 5.13. The lowest BCUT2D eigenvalue weighted by Gasteiger charge is -2.26. The lowest BCUT2D eigenvalue weighted by Crippen LogP contribution is -2.21. The maximum atomic E-state index is 12.5. The summed E-state index contributed by atoms with van der Waals surface area (Å²) in [7, 11) is 0. The average molecular weight is 458 g/mol. The Kier molecular flexibility index (Phi) is 5.63. The largest absolute Gasteiger partial charge is 0.440 e. The zero-order valence-corrected chi connectivity index (χ0v) is 17.2. The van der Waals surface area contributed by atoms with Gasteiger partial charge in [0.05, 0.1) is 21.3 Å². The summed E-state index contributed by atoms with van der Waals surface area (Å²) in [5.74, 6) is -1.31. The molecule has 0 saturated heterocycles. The molecule has 0 bridgehead atoms. The molecule has 2 N–H and O–H groups in total. The van der Waals surface area contributed by atoms with Crippen LogP contribution in [0.2, 0.25) is 0 Å². The number of carbonyl (C=O) groups is 1. The maximum absolute atomic E-state index is 12.5. The van der Waals surface area contributed by atoms with Gasteiger partial charge in [0, 0.05) is 35.9 Å². The van der Waals surface area contributed by atoms with Crippen molar-refractivity contribution in [2.75, 3.05) is 0 Å². The number of nitro benzene ring substituents is 2. The summed E-state index contributed by atoms with van der Waals surface area (Å²) < 4.78 is 10.9. The number of rotatable bonds is 5. The molecule has 11 nitrogen and oxygen atoms in total. The summed E-state index contributed by atoms with van der Waals surface area (Å²) in [5.41, 5.74) is 6.83. The third kappa shape index (κ3) is 4.11. The molecular formula is C23H14N4O7. The summed E-state index contributed by atoms with van der Waals surface area (Å²) in [6, 6.07) is 17.3. The van der Waals surface area contributed by atoms with E-state index < -0.39 is 21.7 Å². The van der Waals surface area contributed by atoms with Crippen LogP contribution in [0, 0.1) is 31.6 Å². The predicted molar refractivity (Wildman–Crippen MR) is 117 cm³/mol. The number of allylic oxidation sites excluding steroid dienone is 1. The Bertz CT molecular complexity index is 1410. The molecule has 0 aliphatic carbocycles. The highest BCUT2D eigenvalue weighted by atomic mass is 16.6. The van der Waals surface area contributed by atoms with Crippen LogP contribution in [-0.2, 0) is 0 Å². The van der Waals surface area contributed by atoms with E-state index in [1.165, 1.54) is 54.6 Å². The van der Waals surface area contributed by atoms with Gasteiger partial charge in [-0.15, -0.1) is 0 Å². The first-order chi connectivity index (χ1) is 16.3. The molecule has 0 aromatic heterocycles. The maximum Gasteiger partial charge on any atom is 0.343 e. The van der Waals surface area contributed by atoms with Crippen molar-refractivity contribution in [1.29, 1.82) is 5.26 Å². The van der Waals surface area contributed by atoms with Gasteiger partial charge in [0.2, 0.25) is 5.88 Å². The molecule has 1 aliphatic rings. The third-order valence-electron chi connectivity index (χ3n) is 5.13. The second kappa shape index (κ2) is 8.71. The number of benzene rings is 3. The first-order valence-electron chi connectivity index (χ1n) is 9.71. The van der Waals surface area contributed by atoms with Crippen LogP contribution in [-0.4, -0.2) is 15.8 Å². The minimum atomic E-state index is -0.812. The van der Waals surface area contributed by atoms with Gasteiger partial charge < -0.3 is 15.2 Å². The molecule has 168 valence electrons. The first kappa shape index (κ1) is 22.0. The van der Waals surface area contributed by atoms with Crippen LogP contribution in [0.5, 0.6) is 11.5 Å². The van der Waals surface area contributed by atoms with E-state index >= 15 is 0 Å². The van der Waals surface area contributed by atoms with Gasteiger partial charge in [-0.3, -0.25) is 20.2 Å². The van der Waals surface area contributed by atoms with E-state index in [1.807, 2.05) is 6.07 Å². The number of ether oxygens (including phenoxy) is 2.